The van der Waals surface area contributed by atoms with E-state index < -0.39 is 0 Å². The molecule has 0 radical (unpaired) electrons. The summed E-state index contributed by atoms with van der Waals surface area (Å²) in [7, 11) is 0. The summed E-state index contributed by atoms with van der Waals surface area (Å²) >= 11 is 0. The Bertz CT molecular complexity index is 383. The Morgan fingerprint density at radius 2 is 1.94 bits per heavy atom. The topological polar surface area (TPSA) is 58.2 Å². The molecule has 1 aromatic carbocycles. The summed E-state index contributed by atoms with van der Waals surface area (Å²) in [6.07, 6.45) is 4.10. The maximum absolute atomic E-state index is 11.5. The number of anilines is 1. The van der Waals surface area contributed by atoms with Gasteiger partial charge in [0.05, 0.1) is 0 Å². The minimum absolute atomic E-state index is 0.177. The number of aldehydes is 1. The molecule has 16 heavy (non-hydrogen) atoms. The summed E-state index contributed by atoms with van der Waals surface area (Å²) in [6.45, 7) is 0. The van der Waals surface area contributed by atoms with Gasteiger partial charge in [0.2, 0.25) is 0 Å². The number of urea groups is 1. The fraction of sp³-hybridized carbons (Fsp3) is 0.333. The second-order valence-electron chi connectivity index (χ2n) is 3.97. The van der Waals surface area contributed by atoms with Crippen molar-refractivity contribution in [1.29, 1.82) is 0 Å². The Balaban J connectivity index is 1.87. The van der Waals surface area contributed by atoms with Crippen LogP contribution >= 0.6 is 0 Å². The third-order valence-corrected chi connectivity index (χ3v) is 2.75. The van der Waals surface area contributed by atoms with E-state index in [1.165, 1.54) is 6.42 Å². The summed E-state index contributed by atoms with van der Waals surface area (Å²) in [6, 6.07) is 6.92. The van der Waals surface area contributed by atoms with E-state index in [0.717, 1.165) is 19.1 Å². The minimum atomic E-state index is -0.177. The van der Waals surface area contributed by atoms with E-state index in [9.17, 15) is 9.59 Å². The van der Waals surface area contributed by atoms with Crippen LogP contribution in [0.5, 0.6) is 0 Å². The lowest BCUT2D eigenvalue weighted by Gasteiger charge is -2.26. The molecular formula is C12H14N2O2. The smallest absolute Gasteiger partial charge is 0.319 e. The normalized spacial score (nSPS) is 15.0. The molecule has 0 saturated heterocycles. The molecule has 1 aliphatic rings. The Kier molecular flexibility index (Phi) is 3.19. The number of rotatable bonds is 3. The van der Waals surface area contributed by atoms with Crippen LogP contribution in [0.25, 0.3) is 0 Å². The first-order chi connectivity index (χ1) is 7.78. The van der Waals surface area contributed by atoms with Gasteiger partial charge < -0.3 is 10.6 Å². The third kappa shape index (κ3) is 2.59. The highest BCUT2D eigenvalue weighted by Crippen LogP contribution is 2.18. The van der Waals surface area contributed by atoms with Gasteiger partial charge in [0, 0.05) is 17.3 Å². The Morgan fingerprint density at radius 1 is 1.25 bits per heavy atom. The molecule has 4 heteroatoms. The molecule has 0 atom stereocenters. The van der Waals surface area contributed by atoms with E-state index >= 15 is 0 Å². The standard InChI is InChI=1S/C12H14N2O2/c15-8-9-4-6-11(7-5-9)14-12(16)13-10-2-1-3-10/h4-8,10H,1-3H2,(H2,13,14,16). The lowest BCUT2D eigenvalue weighted by atomic mass is 9.93. The van der Waals surface area contributed by atoms with Crippen molar-refractivity contribution < 1.29 is 9.59 Å². The first kappa shape index (κ1) is 10.7. The summed E-state index contributed by atoms with van der Waals surface area (Å²) in [5.74, 6) is 0. The van der Waals surface area contributed by atoms with Crippen LogP contribution in [0.2, 0.25) is 0 Å². The second kappa shape index (κ2) is 4.79. The molecule has 0 aromatic heterocycles. The van der Waals surface area contributed by atoms with Gasteiger partial charge in [0.15, 0.2) is 0 Å². The van der Waals surface area contributed by atoms with E-state index in [0.29, 0.717) is 17.3 Å². The number of carbonyl (C=O) groups excluding carboxylic acids is 2. The van der Waals surface area contributed by atoms with E-state index in [-0.39, 0.29) is 6.03 Å². The van der Waals surface area contributed by atoms with Crippen LogP contribution in [0.15, 0.2) is 24.3 Å². The lowest BCUT2D eigenvalue weighted by Crippen LogP contribution is -2.41. The predicted octanol–water partition coefficient (Wildman–Crippen LogP) is 2.17. The monoisotopic (exact) mass is 218 g/mol. The highest BCUT2D eigenvalue weighted by atomic mass is 16.2. The van der Waals surface area contributed by atoms with Gasteiger partial charge in [-0.15, -0.1) is 0 Å². The highest BCUT2D eigenvalue weighted by molar-refractivity contribution is 5.90. The largest absolute Gasteiger partial charge is 0.335 e. The lowest BCUT2D eigenvalue weighted by molar-refractivity contribution is 0.112. The average Bonchev–Trinajstić information content (AvgIpc) is 2.25. The van der Waals surface area contributed by atoms with Crippen molar-refractivity contribution in [3.8, 4) is 0 Å². The van der Waals surface area contributed by atoms with Gasteiger partial charge in [-0.1, -0.05) is 0 Å². The molecule has 84 valence electrons. The van der Waals surface area contributed by atoms with Crippen molar-refractivity contribution in [3.63, 3.8) is 0 Å². The van der Waals surface area contributed by atoms with Crippen LogP contribution in [0.3, 0.4) is 0 Å². The third-order valence-electron chi connectivity index (χ3n) is 2.75. The maximum atomic E-state index is 11.5. The number of hydrogen-bond donors (Lipinski definition) is 2. The fourth-order valence-electron chi connectivity index (χ4n) is 1.55. The SMILES string of the molecule is O=Cc1ccc(NC(=O)NC2CCC2)cc1. The van der Waals surface area contributed by atoms with E-state index in [1.807, 2.05) is 0 Å². The van der Waals surface area contributed by atoms with E-state index in [2.05, 4.69) is 10.6 Å². The Morgan fingerprint density at radius 3 is 2.44 bits per heavy atom. The Hall–Kier alpha value is -1.84. The predicted molar refractivity (Wildman–Crippen MR) is 61.6 cm³/mol. The van der Waals surface area contributed by atoms with Gasteiger partial charge in [-0.25, -0.2) is 4.79 Å². The molecule has 1 aromatic rings. The molecule has 1 aliphatic carbocycles. The van der Waals surface area contributed by atoms with Gasteiger partial charge in [-0.05, 0) is 43.5 Å². The number of carbonyl (C=O) groups is 2. The van der Waals surface area contributed by atoms with Crippen molar-refractivity contribution in [2.45, 2.75) is 25.3 Å². The number of benzene rings is 1. The first-order valence-corrected chi connectivity index (χ1v) is 5.41. The van der Waals surface area contributed by atoms with Crippen LogP contribution < -0.4 is 10.6 Å². The number of amides is 2. The van der Waals surface area contributed by atoms with Crippen LogP contribution in [0.1, 0.15) is 29.6 Å². The molecule has 2 rings (SSSR count). The van der Waals surface area contributed by atoms with E-state index in [4.69, 9.17) is 0 Å². The summed E-state index contributed by atoms with van der Waals surface area (Å²) in [4.78, 5) is 21.9. The molecule has 0 heterocycles. The van der Waals surface area contributed by atoms with Crippen molar-refractivity contribution in [2.24, 2.45) is 0 Å². The number of nitrogens with one attached hydrogen (secondary N) is 2. The zero-order chi connectivity index (χ0) is 11.4. The van der Waals surface area contributed by atoms with Crippen LogP contribution in [0, 0.1) is 0 Å². The molecule has 2 amide bonds. The quantitative estimate of drug-likeness (QED) is 0.764. The van der Waals surface area contributed by atoms with Crippen LogP contribution in [-0.2, 0) is 0 Å². The van der Waals surface area contributed by atoms with Gasteiger partial charge in [-0.2, -0.15) is 0 Å². The average molecular weight is 218 g/mol. The highest BCUT2D eigenvalue weighted by Gasteiger charge is 2.19. The maximum Gasteiger partial charge on any atom is 0.319 e. The van der Waals surface area contributed by atoms with Gasteiger partial charge in [-0.3, -0.25) is 4.79 Å². The molecule has 4 nitrogen and oxygen atoms in total. The van der Waals surface area contributed by atoms with Gasteiger partial charge in [0.25, 0.3) is 0 Å². The molecule has 0 unspecified atom stereocenters. The zero-order valence-corrected chi connectivity index (χ0v) is 8.90. The molecule has 1 fully saturated rings. The molecule has 0 spiro atoms. The van der Waals surface area contributed by atoms with Gasteiger partial charge >= 0.3 is 6.03 Å². The summed E-state index contributed by atoms with van der Waals surface area (Å²) in [5.41, 5.74) is 1.30. The minimum Gasteiger partial charge on any atom is -0.335 e. The molecule has 0 bridgehead atoms. The first-order valence-electron chi connectivity index (χ1n) is 5.41. The van der Waals surface area contributed by atoms with Crippen LogP contribution in [0.4, 0.5) is 10.5 Å². The van der Waals surface area contributed by atoms with E-state index in [1.54, 1.807) is 24.3 Å². The van der Waals surface area contributed by atoms with Crippen molar-refractivity contribution in [3.05, 3.63) is 29.8 Å². The summed E-state index contributed by atoms with van der Waals surface area (Å²) < 4.78 is 0. The van der Waals surface area contributed by atoms with Crippen LogP contribution in [-0.4, -0.2) is 18.4 Å². The molecule has 1 saturated carbocycles. The van der Waals surface area contributed by atoms with Crippen molar-refractivity contribution >= 4 is 18.0 Å². The summed E-state index contributed by atoms with van der Waals surface area (Å²) in [5, 5.41) is 5.60. The zero-order valence-electron chi connectivity index (χ0n) is 8.90. The van der Waals surface area contributed by atoms with Gasteiger partial charge in [0.1, 0.15) is 6.29 Å². The fourth-order valence-corrected chi connectivity index (χ4v) is 1.55. The molecular weight excluding hydrogens is 204 g/mol. The van der Waals surface area contributed by atoms with Crippen molar-refractivity contribution in [2.75, 3.05) is 5.32 Å². The Labute approximate surface area is 94.0 Å². The van der Waals surface area contributed by atoms with Crippen molar-refractivity contribution in [1.82, 2.24) is 5.32 Å². The molecule has 0 aliphatic heterocycles. The molecule has 2 N–H and O–H groups in total. The second-order valence-corrected chi connectivity index (χ2v) is 3.97. The number of hydrogen-bond acceptors (Lipinski definition) is 2.